The van der Waals surface area contributed by atoms with Gasteiger partial charge < -0.3 is 21.4 Å². The van der Waals surface area contributed by atoms with Crippen molar-refractivity contribution in [1.82, 2.24) is 24.8 Å². The standard InChI is InChI=1S/C18H28N8/c1-12(2)10-26-6-3-13-16(22-11-21-13)18(26)4-7-25(8-5-18)15-9-14(19)23-17(20)24-15/h9,11-12H,3-8,10H2,1-2H3,(H,21,22)(H4,19,20,23,24). The van der Waals surface area contributed by atoms with Gasteiger partial charge in [0.25, 0.3) is 0 Å². The zero-order valence-corrected chi connectivity index (χ0v) is 15.6. The molecule has 1 fully saturated rings. The third-order valence-electron chi connectivity index (χ3n) is 5.65. The Morgan fingerprint density at radius 1 is 1.19 bits per heavy atom. The molecule has 0 aromatic carbocycles. The van der Waals surface area contributed by atoms with Crippen molar-refractivity contribution in [3.63, 3.8) is 0 Å². The molecule has 0 aliphatic carbocycles. The van der Waals surface area contributed by atoms with Crippen molar-refractivity contribution in [2.45, 2.75) is 38.6 Å². The van der Waals surface area contributed by atoms with Crippen molar-refractivity contribution in [2.75, 3.05) is 42.5 Å². The highest BCUT2D eigenvalue weighted by atomic mass is 15.3. The van der Waals surface area contributed by atoms with Gasteiger partial charge in [0.2, 0.25) is 5.95 Å². The van der Waals surface area contributed by atoms with Crippen LogP contribution in [0.3, 0.4) is 0 Å². The van der Waals surface area contributed by atoms with E-state index in [0.717, 1.165) is 51.3 Å². The Labute approximate surface area is 154 Å². The summed E-state index contributed by atoms with van der Waals surface area (Å²) < 4.78 is 0. The number of piperidine rings is 1. The van der Waals surface area contributed by atoms with Crippen molar-refractivity contribution >= 4 is 17.6 Å². The molecule has 2 aliphatic heterocycles. The Kier molecular flexibility index (Phi) is 4.22. The van der Waals surface area contributed by atoms with Crippen molar-refractivity contribution in [3.8, 4) is 0 Å². The second kappa shape index (κ2) is 6.42. The summed E-state index contributed by atoms with van der Waals surface area (Å²) in [5.74, 6) is 2.10. The molecule has 2 aromatic heterocycles. The third-order valence-corrected chi connectivity index (χ3v) is 5.65. The van der Waals surface area contributed by atoms with E-state index in [1.165, 1.54) is 11.4 Å². The fourth-order valence-corrected chi connectivity index (χ4v) is 4.52. The largest absolute Gasteiger partial charge is 0.383 e. The van der Waals surface area contributed by atoms with E-state index in [0.29, 0.717) is 11.7 Å². The SMILES string of the molecule is CC(C)CN1CCc2[nH]cnc2C12CCN(c1cc(N)nc(N)n1)CC2. The minimum atomic E-state index is 0.0124. The number of H-pyrrole nitrogens is 1. The number of aromatic amines is 1. The Morgan fingerprint density at radius 2 is 1.96 bits per heavy atom. The minimum absolute atomic E-state index is 0.0124. The van der Waals surface area contributed by atoms with Crippen LogP contribution in [0.2, 0.25) is 0 Å². The molecule has 26 heavy (non-hydrogen) atoms. The number of aromatic nitrogens is 4. The lowest BCUT2D eigenvalue weighted by atomic mass is 9.78. The van der Waals surface area contributed by atoms with Crippen molar-refractivity contribution in [2.24, 2.45) is 5.92 Å². The molecule has 1 saturated heterocycles. The monoisotopic (exact) mass is 356 g/mol. The predicted octanol–water partition coefficient (Wildman–Crippen LogP) is 1.37. The first-order valence-electron chi connectivity index (χ1n) is 9.41. The summed E-state index contributed by atoms with van der Waals surface area (Å²) in [6, 6.07) is 1.81. The summed E-state index contributed by atoms with van der Waals surface area (Å²) in [4.78, 5) is 21.3. The second-order valence-electron chi connectivity index (χ2n) is 7.85. The molecule has 4 rings (SSSR count). The van der Waals surface area contributed by atoms with Crippen LogP contribution in [0.15, 0.2) is 12.4 Å². The summed E-state index contributed by atoms with van der Waals surface area (Å²) in [6.45, 7) is 8.55. The van der Waals surface area contributed by atoms with Crippen molar-refractivity contribution < 1.29 is 0 Å². The van der Waals surface area contributed by atoms with Gasteiger partial charge in [-0.15, -0.1) is 0 Å². The number of nitrogens with one attached hydrogen (secondary N) is 1. The molecule has 0 unspecified atom stereocenters. The zero-order chi connectivity index (χ0) is 18.3. The summed E-state index contributed by atoms with van der Waals surface area (Å²) in [5, 5.41) is 0. The number of rotatable bonds is 3. The molecule has 0 atom stereocenters. The minimum Gasteiger partial charge on any atom is -0.383 e. The van der Waals surface area contributed by atoms with Crippen LogP contribution in [0.4, 0.5) is 17.6 Å². The topological polar surface area (TPSA) is 113 Å². The van der Waals surface area contributed by atoms with Gasteiger partial charge in [-0.1, -0.05) is 13.8 Å². The fourth-order valence-electron chi connectivity index (χ4n) is 4.52. The molecular weight excluding hydrogens is 328 g/mol. The number of nitrogens with two attached hydrogens (primary N) is 2. The van der Waals surface area contributed by atoms with E-state index in [4.69, 9.17) is 16.5 Å². The van der Waals surface area contributed by atoms with E-state index in [1.807, 2.05) is 6.33 Å². The number of nitrogens with zero attached hydrogens (tertiary/aromatic N) is 5. The first-order valence-corrected chi connectivity index (χ1v) is 9.41. The Bertz CT molecular complexity index is 755. The van der Waals surface area contributed by atoms with E-state index >= 15 is 0 Å². The lowest BCUT2D eigenvalue weighted by Gasteiger charge is -2.51. The van der Waals surface area contributed by atoms with Crippen LogP contribution >= 0.6 is 0 Å². The maximum absolute atomic E-state index is 5.85. The number of hydrogen-bond acceptors (Lipinski definition) is 7. The Morgan fingerprint density at radius 3 is 2.65 bits per heavy atom. The maximum Gasteiger partial charge on any atom is 0.223 e. The molecule has 2 aromatic rings. The number of nitrogen functional groups attached to an aromatic ring is 2. The maximum atomic E-state index is 5.85. The van der Waals surface area contributed by atoms with Crippen LogP contribution in [-0.2, 0) is 12.0 Å². The van der Waals surface area contributed by atoms with Crippen LogP contribution < -0.4 is 16.4 Å². The Balaban J connectivity index is 1.60. The molecule has 140 valence electrons. The molecule has 0 bridgehead atoms. The van der Waals surface area contributed by atoms with E-state index in [1.54, 1.807) is 6.07 Å². The van der Waals surface area contributed by atoms with Gasteiger partial charge in [0.1, 0.15) is 11.6 Å². The third kappa shape index (κ3) is 2.88. The normalized spacial score (nSPS) is 19.9. The smallest absolute Gasteiger partial charge is 0.223 e. The lowest BCUT2D eigenvalue weighted by Crippen LogP contribution is -2.57. The number of fused-ring (bicyclic) bond motifs is 2. The number of hydrogen-bond donors (Lipinski definition) is 3. The zero-order valence-electron chi connectivity index (χ0n) is 15.6. The molecule has 0 saturated carbocycles. The first kappa shape index (κ1) is 17.1. The molecular formula is C18H28N8. The van der Waals surface area contributed by atoms with Gasteiger partial charge in [-0.25, -0.2) is 4.98 Å². The average Bonchev–Trinajstić information content (AvgIpc) is 3.07. The molecule has 8 nitrogen and oxygen atoms in total. The summed E-state index contributed by atoms with van der Waals surface area (Å²) >= 11 is 0. The van der Waals surface area contributed by atoms with Gasteiger partial charge in [-0.2, -0.15) is 9.97 Å². The van der Waals surface area contributed by atoms with E-state index in [9.17, 15) is 0 Å². The fraction of sp³-hybridized carbons (Fsp3) is 0.611. The van der Waals surface area contributed by atoms with Crippen LogP contribution in [-0.4, -0.2) is 51.0 Å². The van der Waals surface area contributed by atoms with Crippen LogP contribution in [0.1, 0.15) is 38.1 Å². The highest BCUT2D eigenvalue weighted by Gasteiger charge is 2.46. The van der Waals surface area contributed by atoms with Crippen molar-refractivity contribution in [1.29, 1.82) is 0 Å². The quantitative estimate of drug-likeness (QED) is 0.761. The van der Waals surface area contributed by atoms with Crippen LogP contribution in [0.25, 0.3) is 0 Å². The number of imidazole rings is 1. The van der Waals surface area contributed by atoms with Crippen LogP contribution in [0.5, 0.6) is 0 Å². The van der Waals surface area contributed by atoms with Gasteiger partial charge in [0.15, 0.2) is 0 Å². The van der Waals surface area contributed by atoms with E-state index in [2.05, 4.69) is 38.6 Å². The highest BCUT2D eigenvalue weighted by molar-refractivity contribution is 5.51. The average molecular weight is 356 g/mol. The summed E-state index contributed by atoms with van der Waals surface area (Å²) in [5.41, 5.74) is 14.2. The molecule has 2 aliphatic rings. The van der Waals surface area contributed by atoms with Gasteiger partial charge in [-0.3, -0.25) is 4.90 Å². The van der Waals surface area contributed by atoms with Gasteiger partial charge in [0.05, 0.1) is 17.6 Å². The summed E-state index contributed by atoms with van der Waals surface area (Å²) in [6.07, 6.45) is 4.93. The van der Waals surface area contributed by atoms with Crippen molar-refractivity contribution in [3.05, 3.63) is 23.8 Å². The second-order valence-corrected chi connectivity index (χ2v) is 7.85. The molecule has 5 N–H and O–H groups in total. The lowest BCUT2D eigenvalue weighted by molar-refractivity contribution is 0.0341. The molecule has 1 spiro atoms. The molecule has 0 amide bonds. The van der Waals surface area contributed by atoms with Crippen LogP contribution in [0, 0.1) is 5.92 Å². The van der Waals surface area contributed by atoms with Gasteiger partial charge in [0, 0.05) is 44.4 Å². The molecule has 4 heterocycles. The molecule has 8 heteroatoms. The first-order chi connectivity index (χ1) is 12.5. The Hall–Kier alpha value is -2.35. The predicted molar refractivity (Wildman–Crippen MR) is 103 cm³/mol. The summed E-state index contributed by atoms with van der Waals surface area (Å²) in [7, 11) is 0. The van der Waals surface area contributed by atoms with E-state index in [-0.39, 0.29) is 11.5 Å². The van der Waals surface area contributed by atoms with Gasteiger partial charge in [-0.05, 0) is 18.8 Å². The van der Waals surface area contributed by atoms with Gasteiger partial charge >= 0.3 is 0 Å². The molecule has 0 radical (unpaired) electrons. The highest BCUT2D eigenvalue weighted by Crippen LogP contribution is 2.43. The number of anilines is 3. The van der Waals surface area contributed by atoms with E-state index < -0.39 is 0 Å².